The average Bonchev–Trinajstić information content (AvgIpc) is 3.45. The zero-order valence-corrected chi connectivity index (χ0v) is 22.1. The molecule has 0 radical (unpaired) electrons. The van der Waals surface area contributed by atoms with Crippen LogP contribution in [-0.4, -0.2) is 0 Å². The first-order chi connectivity index (χ1) is 19.3. The Bertz CT molecular complexity index is 2030. The maximum atomic E-state index is 6.43. The van der Waals surface area contributed by atoms with E-state index in [9.17, 15) is 0 Å². The summed E-state index contributed by atoms with van der Waals surface area (Å²) in [6, 6.07) is 47.8. The fourth-order valence-electron chi connectivity index (χ4n) is 5.94. The van der Waals surface area contributed by atoms with Crippen LogP contribution in [0.15, 0.2) is 138 Å². The van der Waals surface area contributed by atoms with Gasteiger partial charge >= 0.3 is 0 Å². The average molecular weight is 501 g/mol. The van der Waals surface area contributed by atoms with E-state index in [4.69, 9.17) is 4.42 Å². The van der Waals surface area contributed by atoms with Crippen molar-refractivity contribution in [1.29, 1.82) is 0 Å². The van der Waals surface area contributed by atoms with Crippen LogP contribution in [0.2, 0.25) is 0 Å². The van der Waals surface area contributed by atoms with Crippen molar-refractivity contribution >= 4 is 43.3 Å². The van der Waals surface area contributed by atoms with Gasteiger partial charge in [0.2, 0.25) is 0 Å². The molecule has 0 amide bonds. The highest BCUT2D eigenvalue weighted by molar-refractivity contribution is 6.29. The lowest BCUT2D eigenvalue weighted by molar-refractivity contribution is 0.632. The van der Waals surface area contributed by atoms with Gasteiger partial charge in [-0.1, -0.05) is 129 Å². The molecule has 0 aliphatic carbocycles. The van der Waals surface area contributed by atoms with Crippen LogP contribution < -0.4 is 0 Å². The highest BCUT2D eigenvalue weighted by Crippen LogP contribution is 2.46. The minimum absolute atomic E-state index is 0.902. The van der Waals surface area contributed by atoms with E-state index in [0.717, 1.165) is 22.3 Å². The van der Waals surface area contributed by atoms with Crippen molar-refractivity contribution in [3.63, 3.8) is 0 Å². The SMILES string of the molecule is CC.c1ccc(-c2ccc3ccc4c(-c5ccccc5)cc(-c5cc6ccccc6o5)c5ccc2c3c45)cc1. The summed E-state index contributed by atoms with van der Waals surface area (Å²) in [4.78, 5) is 0. The van der Waals surface area contributed by atoms with Crippen molar-refractivity contribution in [2.45, 2.75) is 13.8 Å². The van der Waals surface area contributed by atoms with E-state index in [1.54, 1.807) is 0 Å². The first-order valence-corrected chi connectivity index (χ1v) is 13.7. The van der Waals surface area contributed by atoms with E-state index in [1.807, 2.05) is 26.0 Å². The number of fused-ring (bicyclic) bond motifs is 1. The van der Waals surface area contributed by atoms with E-state index < -0.39 is 0 Å². The summed E-state index contributed by atoms with van der Waals surface area (Å²) in [5.41, 5.74) is 6.97. The van der Waals surface area contributed by atoms with Gasteiger partial charge in [-0.05, 0) is 72.8 Å². The lowest BCUT2D eigenvalue weighted by Crippen LogP contribution is -1.91. The van der Waals surface area contributed by atoms with Crippen LogP contribution in [0.5, 0.6) is 0 Å². The highest BCUT2D eigenvalue weighted by Gasteiger charge is 2.19. The van der Waals surface area contributed by atoms with Crippen molar-refractivity contribution in [3.8, 4) is 33.6 Å². The molecular weight excluding hydrogens is 472 g/mol. The van der Waals surface area contributed by atoms with Gasteiger partial charge in [0.25, 0.3) is 0 Å². The molecule has 0 aliphatic heterocycles. The van der Waals surface area contributed by atoms with Crippen molar-refractivity contribution in [1.82, 2.24) is 0 Å². The quantitative estimate of drug-likeness (QED) is 0.220. The van der Waals surface area contributed by atoms with Gasteiger partial charge < -0.3 is 4.42 Å². The molecule has 0 unspecified atom stereocenters. The van der Waals surface area contributed by atoms with Crippen LogP contribution in [0.25, 0.3) is 76.9 Å². The Kier molecular flexibility index (Phi) is 5.64. The monoisotopic (exact) mass is 500 g/mol. The molecule has 1 nitrogen and oxygen atoms in total. The molecule has 1 heterocycles. The van der Waals surface area contributed by atoms with Crippen molar-refractivity contribution in [2.75, 3.05) is 0 Å². The van der Waals surface area contributed by atoms with Crippen LogP contribution >= 0.6 is 0 Å². The highest BCUT2D eigenvalue weighted by atomic mass is 16.3. The summed E-state index contributed by atoms with van der Waals surface area (Å²) in [5.74, 6) is 0.902. The number of furan rings is 1. The largest absolute Gasteiger partial charge is 0.456 e. The molecule has 186 valence electrons. The van der Waals surface area contributed by atoms with Crippen LogP contribution in [-0.2, 0) is 0 Å². The normalized spacial score (nSPS) is 11.3. The summed E-state index contributed by atoms with van der Waals surface area (Å²) in [6.07, 6.45) is 0. The Morgan fingerprint density at radius 3 is 1.69 bits per heavy atom. The molecule has 0 N–H and O–H groups in total. The molecule has 0 fully saturated rings. The van der Waals surface area contributed by atoms with Gasteiger partial charge in [0, 0.05) is 10.9 Å². The Balaban J connectivity index is 0.00000124. The number of hydrogen-bond acceptors (Lipinski definition) is 1. The Hall–Kier alpha value is -4.88. The third-order valence-electron chi connectivity index (χ3n) is 7.64. The maximum Gasteiger partial charge on any atom is 0.136 e. The first-order valence-electron chi connectivity index (χ1n) is 13.7. The molecule has 0 saturated heterocycles. The molecular formula is C38H28O. The molecule has 0 spiro atoms. The lowest BCUT2D eigenvalue weighted by Gasteiger charge is -2.18. The fraction of sp³-hybridized carbons (Fsp3) is 0.0526. The van der Waals surface area contributed by atoms with Crippen molar-refractivity contribution in [3.05, 3.63) is 133 Å². The second-order valence-corrected chi connectivity index (χ2v) is 9.71. The van der Waals surface area contributed by atoms with Gasteiger partial charge in [-0.25, -0.2) is 0 Å². The zero-order chi connectivity index (χ0) is 26.3. The molecule has 8 aromatic rings. The third-order valence-corrected chi connectivity index (χ3v) is 7.64. The van der Waals surface area contributed by atoms with Crippen molar-refractivity contribution < 1.29 is 4.42 Å². The second-order valence-electron chi connectivity index (χ2n) is 9.71. The first kappa shape index (κ1) is 23.3. The Labute approximate surface area is 228 Å². The van der Waals surface area contributed by atoms with Crippen LogP contribution in [0.4, 0.5) is 0 Å². The maximum absolute atomic E-state index is 6.43. The second kappa shape index (κ2) is 9.45. The third kappa shape index (κ3) is 3.70. The van der Waals surface area contributed by atoms with E-state index in [0.29, 0.717) is 0 Å². The van der Waals surface area contributed by atoms with Gasteiger partial charge in [0.1, 0.15) is 11.3 Å². The summed E-state index contributed by atoms with van der Waals surface area (Å²) < 4.78 is 6.43. The van der Waals surface area contributed by atoms with E-state index in [2.05, 4.69) is 121 Å². The topological polar surface area (TPSA) is 13.1 Å². The minimum Gasteiger partial charge on any atom is -0.456 e. The minimum atomic E-state index is 0.902. The molecule has 0 bridgehead atoms. The van der Waals surface area contributed by atoms with Crippen LogP contribution in [0.3, 0.4) is 0 Å². The fourth-order valence-corrected chi connectivity index (χ4v) is 5.94. The molecule has 39 heavy (non-hydrogen) atoms. The van der Waals surface area contributed by atoms with Gasteiger partial charge in [-0.15, -0.1) is 0 Å². The Morgan fingerprint density at radius 2 is 0.974 bits per heavy atom. The van der Waals surface area contributed by atoms with Gasteiger partial charge in [-0.2, -0.15) is 0 Å². The van der Waals surface area contributed by atoms with E-state index in [-0.39, 0.29) is 0 Å². The number of rotatable bonds is 3. The predicted molar refractivity (Wildman–Crippen MR) is 168 cm³/mol. The van der Waals surface area contributed by atoms with Gasteiger partial charge in [0.15, 0.2) is 0 Å². The molecule has 0 saturated carbocycles. The number of benzene rings is 7. The molecule has 1 heteroatoms. The summed E-state index contributed by atoms with van der Waals surface area (Å²) in [5, 5.41) is 8.75. The zero-order valence-electron chi connectivity index (χ0n) is 22.1. The van der Waals surface area contributed by atoms with Gasteiger partial charge in [-0.3, -0.25) is 0 Å². The summed E-state index contributed by atoms with van der Waals surface area (Å²) >= 11 is 0. The van der Waals surface area contributed by atoms with Gasteiger partial charge in [0.05, 0.1) is 0 Å². The molecule has 8 rings (SSSR count). The van der Waals surface area contributed by atoms with Crippen LogP contribution in [0.1, 0.15) is 13.8 Å². The smallest absolute Gasteiger partial charge is 0.136 e. The van der Waals surface area contributed by atoms with Crippen LogP contribution in [0, 0.1) is 0 Å². The molecule has 0 atom stereocenters. The Morgan fingerprint density at radius 1 is 0.410 bits per heavy atom. The summed E-state index contributed by atoms with van der Waals surface area (Å²) in [7, 11) is 0. The van der Waals surface area contributed by atoms with E-state index >= 15 is 0 Å². The molecule has 1 aromatic heterocycles. The molecule has 0 aliphatic rings. The number of para-hydroxylation sites is 1. The summed E-state index contributed by atoms with van der Waals surface area (Å²) in [6.45, 7) is 4.00. The van der Waals surface area contributed by atoms with Crippen molar-refractivity contribution in [2.24, 2.45) is 0 Å². The predicted octanol–water partition coefficient (Wildman–Crippen LogP) is 11.4. The number of hydrogen-bond donors (Lipinski definition) is 0. The lowest BCUT2D eigenvalue weighted by atomic mass is 9.85. The standard InChI is InChI=1S/C36H22O.C2H6/c1-3-9-23(10-4-1)27-17-15-25-16-18-29-31(24-11-5-2-6-12-24)22-32(30-20-19-28(27)35(25)36(29)30)34-21-26-13-7-8-14-33(26)37-34;1-2/h1-22H;1-2H3. The van der Waals surface area contributed by atoms with E-state index in [1.165, 1.54) is 54.6 Å². The molecule has 7 aromatic carbocycles.